The van der Waals surface area contributed by atoms with Crippen molar-refractivity contribution in [1.82, 2.24) is 0 Å². The van der Waals surface area contributed by atoms with E-state index in [9.17, 15) is 19.0 Å². The number of carbonyl (C=O) groups is 2. The molecule has 52 heavy (non-hydrogen) atoms. The van der Waals surface area contributed by atoms with E-state index in [2.05, 4.69) is 26.0 Å². The molecule has 2 atom stereocenters. The van der Waals surface area contributed by atoms with Gasteiger partial charge in [0.1, 0.15) is 19.8 Å². The molecule has 0 amide bonds. The second kappa shape index (κ2) is 35.5. The van der Waals surface area contributed by atoms with Gasteiger partial charge in [-0.25, -0.2) is 0 Å². The molecule has 0 bridgehead atoms. The predicted octanol–water partition coefficient (Wildman–Crippen LogP) is 11.2. The van der Waals surface area contributed by atoms with Crippen LogP contribution in [0, 0.1) is 0 Å². The lowest BCUT2D eigenvalue weighted by molar-refractivity contribution is -0.870. The van der Waals surface area contributed by atoms with Gasteiger partial charge in [-0.1, -0.05) is 154 Å². The number of rotatable bonds is 39. The van der Waals surface area contributed by atoms with Gasteiger partial charge in [0.25, 0.3) is 7.82 Å². The van der Waals surface area contributed by atoms with Crippen molar-refractivity contribution < 1.29 is 42.1 Å². The molecule has 0 radical (unpaired) electrons. The summed E-state index contributed by atoms with van der Waals surface area (Å²) in [5, 5.41) is 0. The molecule has 0 aromatic heterocycles. The third kappa shape index (κ3) is 38.5. The van der Waals surface area contributed by atoms with Crippen LogP contribution in [-0.4, -0.2) is 70.0 Å². The van der Waals surface area contributed by atoms with Gasteiger partial charge >= 0.3 is 11.9 Å². The summed E-state index contributed by atoms with van der Waals surface area (Å²) in [6, 6.07) is 0. The summed E-state index contributed by atoms with van der Waals surface area (Å²) in [5.74, 6) is -0.837. The van der Waals surface area contributed by atoms with E-state index in [1.807, 2.05) is 21.1 Å². The third-order valence-corrected chi connectivity index (χ3v) is 10.2. The smallest absolute Gasteiger partial charge is 0.306 e. The van der Waals surface area contributed by atoms with E-state index in [1.54, 1.807) is 0 Å². The Labute approximate surface area is 320 Å². The summed E-state index contributed by atoms with van der Waals surface area (Å²) < 4.78 is 33.8. The monoisotopic (exact) mass is 760 g/mol. The van der Waals surface area contributed by atoms with E-state index in [1.165, 1.54) is 109 Å². The van der Waals surface area contributed by atoms with Gasteiger partial charge in [0.2, 0.25) is 0 Å². The normalized spacial score (nSPS) is 13.7. The quantitative estimate of drug-likeness (QED) is 0.0200. The summed E-state index contributed by atoms with van der Waals surface area (Å²) in [7, 11) is 1.17. The first-order valence-corrected chi connectivity index (χ1v) is 22.9. The first kappa shape index (κ1) is 50.8. The summed E-state index contributed by atoms with van der Waals surface area (Å²) in [4.78, 5) is 37.4. The van der Waals surface area contributed by atoms with E-state index in [0.29, 0.717) is 17.4 Å². The van der Waals surface area contributed by atoms with Crippen LogP contribution in [0.1, 0.15) is 194 Å². The molecule has 0 aliphatic carbocycles. The molecule has 0 saturated heterocycles. The van der Waals surface area contributed by atoms with Crippen molar-refractivity contribution in [3.8, 4) is 0 Å². The van der Waals surface area contributed by atoms with E-state index in [4.69, 9.17) is 18.5 Å². The van der Waals surface area contributed by atoms with Crippen LogP contribution < -0.4 is 4.89 Å². The lowest BCUT2D eigenvalue weighted by Crippen LogP contribution is -2.37. The molecule has 0 heterocycles. The fourth-order valence-corrected chi connectivity index (χ4v) is 6.61. The molecule has 308 valence electrons. The molecule has 10 heteroatoms. The zero-order valence-corrected chi connectivity index (χ0v) is 35.4. The van der Waals surface area contributed by atoms with Crippen LogP contribution in [0.15, 0.2) is 12.2 Å². The SMILES string of the molecule is CCCCCCCC/C=C/CCCCCCCC(=O)OC[C@H](COP(=O)([O-])OCC[N+](C)(C)C)OC(=O)CCCCCCCCCCCCCCC. The molecule has 0 fully saturated rings. The largest absolute Gasteiger partial charge is 0.756 e. The summed E-state index contributed by atoms with van der Waals surface area (Å²) >= 11 is 0. The molecular formula is C42H82NO8P. The first-order chi connectivity index (χ1) is 25.0. The maximum atomic E-state index is 12.6. The lowest BCUT2D eigenvalue weighted by atomic mass is 10.0. The molecule has 0 rings (SSSR count). The van der Waals surface area contributed by atoms with Crippen molar-refractivity contribution in [3.63, 3.8) is 0 Å². The zero-order chi connectivity index (χ0) is 38.6. The minimum absolute atomic E-state index is 0.0290. The molecular weight excluding hydrogens is 677 g/mol. The van der Waals surface area contributed by atoms with Crippen LogP contribution >= 0.6 is 7.82 Å². The Morgan fingerprint density at radius 2 is 0.981 bits per heavy atom. The molecule has 9 nitrogen and oxygen atoms in total. The summed E-state index contributed by atoms with van der Waals surface area (Å²) in [6.45, 7) is 4.22. The molecule has 0 aromatic rings. The number of esters is 2. The van der Waals surface area contributed by atoms with Gasteiger partial charge in [-0.15, -0.1) is 0 Å². The maximum Gasteiger partial charge on any atom is 0.306 e. The highest BCUT2D eigenvalue weighted by Gasteiger charge is 2.21. The number of hydrogen-bond donors (Lipinski definition) is 0. The van der Waals surface area contributed by atoms with Crippen LogP contribution in [0.25, 0.3) is 0 Å². The van der Waals surface area contributed by atoms with Crippen LogP contribution in [0.4, 0.5) is 0 Å². The average molecular weight is 760 g/mol. The molecule has 1 unspecified atom stereocenters. The Balaban J connectivity index is 4.37. The number of quaternary nitrogens is 1. The molecule has 0 N–H and O–H groups in total. The van der Waals surface area contributed by atoms with Crippen molar-refractivity contribution in [2.45, 2.75) is 200 Å². The Morgan fingerprint density at radius 1 is 0.577 bits per heavy atom. The van der Waals surface area contributed by atoms with E-state index in [-0.39, 0.29) is 32.0 Å². The Bertz CT molecular complexity index is 907. The van der Waals surface area contributed by atoms with Gasteiger partial charge < -0.3 is 27.9 Å². The second-order valence-corrected chi connectivity index (χ2v) is 17.1. The van der Waals surface area contributed by atoms with Crippen LogP contribution in [0.3, 0.4) is 0 Å². The van der Waals surface area contributed by atoms with E-state index in [0.717, 1.165) is 51.4 Å². The van der Waals surface area contributed by atoms with Crippen molar-refractivity contribution in [2.24, 2.45) is 0 Å². The lowest BCUT2D eigenvalue weighted by Gasteiger charge is -2.28. The Morgan fingerprint density at radius 3 is 1.42 bits per heavy atom. The van der Waals surface area contributed by atoms with Crippen molar-refractivity contribution >= 4 is 19.8 Å². The molecule has 0 aromatic carbocycles. The number of likely N-dealkylation sites (N-methyl/N-ethyl adjacent to an activating group) is 1. The Kier molecular flexibility index (Phi) is 34.6. The maximum absolute atomic E-state index is 12.6. The number of ether oxygens (including phenoxy) is 2. The molecule has 0 saturated carbocycles. The average Bonchev–Trinajstić information content (AvgIpc) is 3.09. The van der Waals surface area contributed by atoms with Gasteiger partial charge in [-0.05, 0) is 38.5 Å². The fraction of sp³-hybridized carbons (Fsp3) is 0.905. The zero-order valence-electron chi connectivity index (χ0n) is 34.5. The highest BCUT2D eigenvalue weighted by atomic mass is 31.2. The van der Waals surface area contributed by atoms with Gasteiger partial charge in [-0.3, -0.25) is 14.2 Å². The van der Waals surface area contributed by atoms with Crippen LogP contribution in [0.2, 0.25) is 0 Å². The minimum Gasteiger partial charge on any atom is -0.756 e. The fourth-order valence-electron chi connectivity index (χ4n) is 5.88. The van der Waals surface area contributed by atoms with Crippen LogP contribution in [0.5, 0.6) is 0 Å². The number of hydrogen-bond acceptors (Lipinski definition) is 8. The van der Waals surface area contributed by atoms with Gasteiger partial charge in [0, 0.05) is 12.8 Å². The summed E-state index contributed by atoms with van der Waals surface area (Å²) in [6.07, 6.45) is 35.1. The number of unbranched alkanes of at least 4 members (excludes halogenated alkanes) is 23. The predicted molar refractivity (Wildman–Crippen MR) is 213 cm³/mol. The number of carbonyl (C=O) groups excluding carboxylic acids is 2. The minimum atomic E-state index is -4.62. The van der Waals surface area contributed by atoms with E-state index >= 15 is 0 Å². The molecule has 0 spiro atoms. The standard InChI is InChI=1S/C42H82NO8P/c1-6-8-10-12-14-16-18-20-21-23-24-26-28-30-32-34-41(44)48-38-40(39-50-52(46,47)49-37-36-43(3,4)5)51-42(45)35-33-31-29-27-25-22-19-17-15-13-11-9-7-2/h20-21,40H,6-19,22-39H2,1-5H3/b21-20+/t40-/m1/s1. The van der Waals surface area contributed by atoms with Gasteiger partial charge in [-0.2, -0.15) is 0 Å². The second-order valence-electron chi connectivity index (χ2n) is 15.7. The number of phosphoric acid groups is 1. The van der Waals surface area contributed by atoms with E-state index < -0.39 is 26.5 Å². The number of nitrogens with zero attached hydrogens (tertiary/aromatic N) is 1. The Hall–Kier alpha value is -1.25. The summed E-state index contributed by atoms with van der Waals surface area (Å²) in [5.41, 5.74) is 0. The molecule has 0 aliphatic heterocycles. The van der Waals surface area contributed by atoms with Crippen molar-refractivity contribution in [2.75, 3.05) is 47.5 Å². The van der Waals surface area contributed by atoms with Crippen molar-refractivity contribution in [1.29, 1.82) is 0 Å². The van der Waals surface area contributed by atoms with Gasteiger partial charge in [0.05, 0.1) is 27.7 Å². The number of allylic oxidation sites excluding steroid dienone is 2. The first-order valence-electron chi connectivity index (χ1n) is 21.4. The number of phosphoric ester groups is 1. The highest BCUT2D eigenvalue weighted by Crippen LogP contribution is 2.38. The van der Waals surface area contributed by atoms with Gasteiger partial charge in [0.15, 0.2) is 6.10 Å². The van der Waals surface area contributed by atoms with Crippen molar-refractivity contribution in [3.05, 3.63) is 12.2 Å². The molecule has 0 aliphatic rings. The van der Waals surface area contributed by atoms with Crippen LogP contribution in [-0.2, 0) is 32.7 Å². The highest BCUT2D eigenvalue weighted by molar-refractivity contribution is 7.45. The third-order valence-electron chi connectivity index (χ3n) is 9.29. The topological polar surface area (TPSA) is 111 Å².